The molecule has 0 bridgehead atoms. The van der Waals surface area contributed by atoms with E-state index in [1.165, 1.54) is 10.6 Å². The van der Waals surface area contributed by atoms with E-state index in [9.17, 15) is 4.79 Å². The molecule has 3 heterocycles. The van der Waals surface area contributed by atoms with Gasteiger partial charge in [0.25, 0.3) is 5.56 Å². The van der Waals surface area contributed by atoms with E-state index in [-0.39, 0.29) is 11.5 Å². The molecule has 1 aromatic carbocycles. The standard InChI is InChI=1S/C23H18N4O/c24-15-17-6-9-19(10-7-17)20(21-4-3-12-25-21)14-18-8-11-22(26-16-18)27-13-2-1-5-23(27)28/h1-13,16,20,25H,14H2. The Morgan fingerprint density at radius 2 is 1.89 bits per heavy atom. The van der Waals surface area contributed by atoms with Gasteiger partial charge in [0.05, 0.1) is 11.6 Å². The van der Waals surface area contributed by atoms with E-state index in [0.29, 0.717) is 11.4 Å². The van der Waals surface area contributed by atoms with Crippen LogP contribution in [0, 0.1) is 11.3 Å². The molecule has 0 aliphatic rings. The maximum Gasteiger partial charge on any atom is 0.256 e. The molecule has 1 atom stereocenters. The van der Waals surface area contributed by atoms with E-state index in [0.717, 1.165) is 23.2 Å². The van der Waals surface area contributed by atoms with Gasteiger partial charge in [0, 0.05) is 36.3 Å². The lowest BCUT2D eigenvalue weighted by Gasteiger charge is -2.17. The Kier molecular flexibility index (Phi) is 4.85. The SMILES string of the molecule is N#Cc1ccc(C(Cc2ccc(-n3ccccc3=O)nc2)c2ccc[nH]2)cc1. The number of nitrogens with zero attached hydrogens (tertiary/aromatic N) is 3. The first kappa shape index (κ1) is 17.5. The minimum Gasteiger partial charge on any atom is -0.364 e. The molecule has 0 aliphatic carbocycles. The van der Waals surface area contributed by atoms with Crippen LogP contribution in [0.25, 0.3) is 5.82 Å². The van der Waals surface area contributed by atoms with E-state index in [2.05, 4.69) is 22.1 Å². The zero-order valence-corrected chi connectivity index (χ0v) is 15.1. The van der Waals surface area contributed by atoms with Crippen molar-refractivity contribution >= 4 is 0 Å². The first-order valence-electron chi connectivity index (χ1n) is 9.01. The summed E-state index contributed by atoms with van der Waals surface area (Å²) in [4.78, 5) is 19.7. The van der Waals surface area contributed by atoms with E-state index >= 15 is 0 Å². The lowest BCUT2D eigenvalue weighted by molar-refractivity contribution is 0.775. The molecule has 0 saturated heterocycles. The van der Waals surface area contributed by atoms with Crippen LogP contribution in [0.4, 0.5) is 0 Å². The van der Waals surface area contributed by atoms with E-state index < -0.39 is 0 Å². The molecule has 0 aliphatic heterocycles. The van der Waals surface area contributed by atoms with Crippen molar-refractivity contribution in [2.24, 2.45) is 0 Å². The highest BCUT2D eigenvalue weighted by Gasteiger charge is 2.16. The first-order valence-corrected chi connectivity index (χ1v) is 9.01. The smallest absolute Gasteiger partial charge is 0.256 e. The third-order valence-corrected chi connectivity index (χ3v) is 4.76. The summed E-state index contributed by atoms with van der Waals surface area (Å²) in [5.41, 5.74) is 3.84. The van der Waals surface area contributed by atoms with Crippen molar-refractivity contribution in [1.82, 2.24) is 14.5 Å². The fourth-order valence-corrected chi connectivity index (χ4v) is 3.29. The van der Waals surface area contributed by atoms with E-state index in [1.54, 1.807) is 12.3 Å². The molecular formula is C23H18N4O. The number of H-pyrrole nitrogens is 1. The van der Waals surface area contributed by atoms with Crippen molar-refractivity contribution in [3.8, 4) is 11.9 Å². The molecule has 5 heteroatoms. The number of benzene rings is 1. The van der Waals surface area contributed by atoms with Gasteiger partial charge < -0.3 is 4.98 Å². The molecule has 0 fully saturated rings. The summed E-state index contributed by atoms with van der Waals surface area (Å²) in [5, 5.41) is 9.04. The second-order valence-corrected chi connectivity index (χ2v) is 6.55. The van der Waals surface area contributed by atoms with E-state index in [4.69, 9.17) is 5.26 Å². The van der Waals surface area contributed by atoms with Crippen molar-refractivity contribution in [2.75, 3.05) is 0 Å². The fraction of sp³-hybridized carbons (Fsp3) is 0.0870. The Hall–Kier alpha value is -3.91. The van der Waals surface area contributed by atoms with Crippen LogP contribution < -0.4 is 5.56 Å². The highest BCUT2D eigenvalue weighted by atomic mass is 16.1. The van der Waals surface area contributed by atoms with E-state index in [1.807, 2.05) is 60.9 Å². The zero-order valence-electron chi connectivity index (χ0n) is 15.1. The normalized spacial score (nSPS) is 11.7. The number of rotatable bonds is 5. The third-order valence-electron chi connectivity index (χ3n) is 4.76. The van der Waals surface area contributed by atoms with Crippen molar-refractivity contribution in [1.29, 1.82) is 5.26 Å². The maximum absolute atomic E-state index is 12.0. The monoisotopic (exact) mass is 366 g/mol. The van der Waals surface area contributed by atoms with Gasteiger partial charge >= 0.3 is 0 Å². The summed E-state index contributed by atoms with van der Waals surface area (Å²) < 4.78 is 1.52. The molecule has 0 saturated carbocycles. The number of nitrogens with one attached hydrogen (secondary N) is 1. The summed E-state index contributed by atoms with van der Waals surface area (Å²) in [6.45, 7) is 0. The Balaban J connectivity index is 1.63. The highest BCUT2D eigenvalue weighted by molar-refractivity contribution is 5.38. The van der Waals surface area contributed by atoms with Crippen LogP contribution in [0.5, 0.6) is 0 Å². The number of aromatic amines is 1. The molecule has 0 amide bonds. The average Bonchev–Trinajstić information content (AvgIpc) is 3.28. The summed E-state index contributed by atoms with van der Waals surface area (Å²) in [5.74, 6) is 0.721. The lowest BCUT2D eigenvalue weighted by Crippen LogP contribution is -2.16. The topological polar surface area (TPSA) is 74.5 Å². The zero-order chi connectivity index (χ0) is 19.3. The van der Waals surface area contributed by atoms with Crippen molar-refractivity contribution in [2.45, 2.75) is 12.3 Å². The number of pyridine rings is 2. The van der Waals surface area contributed by atoms with Gasteiger partial charge in [-0.05, 0) is 53.9 Å². The molecule has 4 aromatic rings. The van der Waals surface area contributed by atoms with Gasteiger partial charge in [0.1, 0.15) is 5.82 Å². The number of hydrogen-bond donors (Lipinski definition) is 1. The third kappa shape index (κ3) is 3.62. The van der Waals surface area contributed by atoms with Crippen LogP contribution in [-0.2, 0) is 6.42 Å². The van der Waals surface area contributed by atoms with Crippen LogP contribution >= 0.6 is 0 Å². The Bertz CT molecular complexity index is 1150. The van der Waals surface area contributed by atoms with Crippen molar-refractivity contribution in [3.05, 3.63) is 118 Å². The van der Waals surface area contributed by atoms with Crippen LogP contribution in [0.2, 0.25) is 0 Å². The maximum atomic E-state index is 12.0. The number of nitriles is 1. The second kappa shape index (κ2) is 7.77. The molecule has 136 valence electrons. The quantitative estimate of drug-likeness (QED) is 0.584. The Morgan fingerprint density at radius 3 is 2.54 bits per heavy atom. The van der Waals surface area contributed by atoms with Crippen LogP contribution in [-0.4, -0.2) is 14.5 Å². The molecule has 5 nitrogen and oxygen atoms in total. The van der Waals surface area contributed by atoms with Crippen molar-refractivity contribution in [3.63, 3.8) is 0 Å². The predicted octanol–water partition coefficient (Wildman–Crippen LogP) is 3.81. The van der Waals surface area contributed by atoms with Gasteiger partial charge in [-0.1, -0.05) is 24.3 Å². The minimum atomic E-state index is -0.107. The van der Waals surface area contributed by atoms with Gasteiger partial charge in [0.15, 0.2) is 0 Å². The lowest BCUT2D eigenvalue weighted by atomic mass is 9.89. The fourth-order valence-electron chi connectivity index (χ4n) is 3.29. The van der Waals surface area contributed by atoms with Gasteiger partial charge in [-0.25, -0.2) is 4.98 Å². The summed E-state index contributed by atoms with van der Waals surface area (Å²) in [6, 6.07) is 22.8. The molecule has 1 unspecified atom stereocenters. The first-order chi connectivity index (χ1) is 13.7. The molecule has 1 N–H and O–H groups in total. The van der Waals surface area contributed by atoms with Crippen LogP contribution in [0.1, 0.15) is 28.3 Å². The number of aromatic nitrogens is 3. The summed E-state index contributed by atoms with van der Waals surface area (Å²) >= 11 is 0. The van der Waals surface area contributed by atoms with Gasteiger partial charge in [-0.3, -0.25) is 9.36 Å². The Morgan fingerprint density at radius 1 is 1.04 bits per heavy atom. The minimum absolute atomic E-state index is 0.107. The molecule has 28 heavy (non-hydrogen) atoms. The van der Waals surface area contributed by atoms with Crippen LogP contribution in [0.15, 0.2) is 90.1 Å². The predicted molar refractivity (Wildman–Crippen MR) is 107 cm³/mol. The largest absolute Gasteiger partial charge is 0.364 e. The number of hydrogen-bond acceptors (Lipinski definition) is 3. The second-order valence-electron chi connectivity index (χ2n) is 6.55. The Labute approximate surface area is 162 Å². The molecule has 3 aromatic heterocycles. The van der Waals surface area contributed by atoms with Crippen molar-refractivity contribution < 1.29 is 0 Å². The van der Waals surface area contributed by atoms with Gasteiger partial charge in [-0.2, -0.15) is 5.26 Å². The summed E-state index contributed by atoms with van der Waals surface area (Å²) in [7, 11) is 0. The molecule has 0 radical (unpaired) electrons. The summed E-state index contributed by atoms with van der Waals surface area (Å²) in [6.07, 6.45) is 6.19. The average molecular weight is 366 g/mol. The molecule has 0 spiro atoms. The van der Waals surface area contributed by atoms with Gasteiger partial charge in [-0.15, -0.1) is 0 Å². The molecular weight excluding hydrogens is 348 g/mol. The van der Waals surface area contributed by atoms with Gasteiger partial charge in [0.2, 0.25) is 0 Å². The highest BCUT2D eigenvalue weighted by Crippen LogP contribution is 2.27. The molecule has 4 rings (SSSR count). The van der Waals surface area contributed by atoms with Crippen LogP contribution in [0.3, 0.4) is 0 Å².